The fraction of sp³-hybridized carbons (Fsp3) is 0.647. The van der Waals surface area contributed by atoms with E-state index in [9.17, 15) is 0 Å². The highest BCUT2D eigenvalue weighted by Crippen LogP contribution is 2.20. The molecule has 4 heteroatoms. The molecule has 0 amide bonds. The molecule has 0 atom stereocenters. The first-order valence-electron chi connectivity index (χ1n) is 7.84. The Kier molecular flexibility index (Phi) is 8.74. The van der Waals surface area contributed by atoms with Gasteiger partial charge in [0.2, 0.25) is 0 Å². The summed E-state index contributed by atoms with van der Waals surface area (Å²) in [4.78, 5) is 2.53. The number of nitrogens with one attached hydrogen (secondary N) is 1. The molecule has 0 spiro atoms. The monoisotopic (exact) mass is 312 g/mol. The van der Waals surface area contributed by atoms with Gasteiger partial charge >= 0.3 is 0 Å². The number of rotatable bonds is 7. The van der Waals surface area contributed by atoms with E-state index in [2.05, 4.69) is 35.3 Å². The van der Waals surface area contributed by atoms with E-state index < -0.39 is 0 Å². The van der Waals surface area contributed by atoms with Crippen molar-refractivity contribution in [3.63, 3.8) is 0 Å². The smallest absolute Gasteiger partial charge is 0.119 e. The molecule has 1 saturated heterocycles. The molecule has 0 aliphatic carbocycles. The lowest BCUT2D eigenvalue weighted by atomic mass is 9.93. The lowest BCUT2D eigenvalue weighted by Crippen LogP contribution is -2.37. The normalized spacial score (nSPS) is 16.5. The summed E-state index contributed by atoms with van der Waals surface area (Å²) >= 11 is 0. The van der Waals surface area contributed by atoms with Gasteiger partial charge < -0.3 is 10.1 Å². The molecule has 1 fully saturated rings. The van der Waals surface area contributed by atoms with Gasteiger partial charge in [-0.3, -0.25) is 4.90 Å². The van der Waals surface area contributed by atoms with Crippen molar-refractivity contribution in [1.82, 2.24) is 10.2 Å². The van der Waals surface area contributed by atoms with Crippen LogP contribution in [0.15, 0.2) is 24.3 Å². The van der Waals surface area contributed by atoms with Gasteiger partial charge in [-0.15, -0.1) is 12.4 Å². The van der Waals surface area contributed by atoms with Crippen molar-refractivity contribution in [3.8, 4) is 5.75 Å². The van der Waals surface area contributed by atoms with Crippen molar-refractivity contribution in [2.45, 2.75) is 26.2 Å². The maximum atomic E-state index is 5.83. The van der Waals surface area contributed by atoms with Gasteiger partial charge in [0.05, 0.1) is 0 Å². The van der Waals surface area contributed by atoms with Crippen molar-refractivity contribution in [2.24, 2.45) is 5.92 Å². The van der Waals surface area contributed by atoms with Gasteiger partial charge in [0.25, 0.3) is 0 Å². The number of nitrogens with zero attached hydrogens (tertiary/aromatic N) is 1. The highest BCUT2D eigenvalue weighted by Gasteiger charge is 2.18. The zero-order chi connectivity index (χ0) is 14.2. The van der Waals surface area contributed by atoms with Gasteiger partial charge in [0, 0.05) is 6.54 Å². The quantitative estimate of drug-likeness (QED) is 0.837. The highest BCUT2D eigenvalue weighted by atomic mass is 35.5. The van der Waals surface area contributed by atoms with E-state index in [1.54, 1.807) is 0 Å². The second-order valence-corrected chi connectivity index (χ2v) is 5.84. The van der Waals surface area contributed by atoms with Crippen LogP contribution in [0.4, 0.5) is 0 Å². The number of halogens is 1. The molecule has 1 aromatic carbocycles. The summed E-state index contributed by atoms with van der Waals surface area (Å²) in [5, 5.41) is 3.25. The predicted molar refractivity (Wildman–Crippen MR) is 91.6 cm³/mol. The van der Waals surface area contributed by atoms with Crippen LogP contribution in [0.1, 0.15) is 24.8 Å². The van der Waals surface area contributed by atoms with Crippen LogP contribution in [0.2, 0.25) is 0 Å². The molecule has 2 rings (SSSR count). The van der Waals surface area contributed by atoms with Crippen molar-refractivity contribution in [3.05, 3.63) is 29.8 Å². The Balaban J connectivity index is 0.00000220. The average molecular weight is 313 g/mol. The fourth-order valence-electron chi connectivity index (χ4n) is 2.84. The van der Waals surface area contributed by atoms with Crippen molar-refractivity contribution in [1.29, 1.82) is 0 Å². The number of ether oxygens (including phenoxy) is 1. The predicted octanol–water partition coefficient (Wildman–Crippen LogP) is 3.12. The molecule has 1 aliphatic rings. The first kappa shape index (κ1) is 18.3. The molecule has 0 radical (unpaired) electrons. The maximum absolute atomic E-state index is 5.83. The van der Waals surface area contributed by atoms with E-state index in [1.165, 1.54) is 37.9 Å². The van der Waals surface area contributed by atoms with Crippen LogP contribution in [0.5, 0.6) is 5.75 Å². The summed E-state index contributed by atoms with van der Waals surface area (Å²) in [5.41, 5.74) is 1.26. The van der Waals surface area contributed by atoms with Gasteiger partial charge in [-0.2, -0.15) is 0 Å². The average Bonchev–Trinajstić information content (AvgIpc) is 2.46. The Morgan fingerprint density at radius 2 is 2.05 bits per heavy atom. The number of aryl methyl sites for hydroxylation is 1. The Labute approximate surface area is 135 Å². The molecule has 0 aromatic heterocycles. The topological polar surface area (TPSA) is 24.5 Å². The number of hydrogen-bond donors (Lipinski definition) is 1. The first-order valence-corrected chi connectivity index (χ1v) is 7.84. The Morgan fingerprint density at radius 3 is 2.71 bits per heavy atom. The Morgan fingerprint density at radius 1 is 1.29 bits per heavy atom. The molecule has 0 saturated carbocycles. The second kappa shape index (κ2) is 10.0. The fourth-order valence-corrected chi connectivity index (χ4v) is 2.84. The molecule has 0 unspecified atom stereocenters. The summed E-state index contributed by atoms with van der Waals surface area (Å²) < 4.78 is 5.83. The van der Waals surface area contributed by atoms with Gasteiger partial charge in [0.15, 0.2) is 0 Å². The molecule has 21 heavy (non-hydrogen) atoms. The van der Waals surface area contributed by atoms with Crippen LogP contribution in [-0.4, -0.2) is 44.7 Å². The lowest BCUT2D eigenvalue weighted by Gasteiger charge is -2.31. The Hall–Kier alpha value is -0.770. The van der Waals surface area contributed by atoms with Gasteiger partial charge in [-0.25, -0.2) is 0 Å². The van der Waals surface area contributed by atoms with Crippen LogP contribution in [0.25, 0.3) is 0 Å². The van der Waals surface area contributed by atoms with Crippen molar-refractivity contribution in [2.75, 3.05) is 39.8 Å². The Bertz CT molecular complexity index is 392. The van der Waals surface area contributed by atoms with Crippen LogP contribution < -0.4 is 10.1 Å². The first-order chi connectivity index (χ1) is 9.78. The second-order valence-electron chi connectivity index (χ2n) is 5.84. The third-order valence-electron chi connectivity index (χ3n) is 4.18. The maximum Gasteiger partial charge on any atom is 0.119 e. The lowest BCUT2D eigenvalue weighted by molar-refractivity contribution is 0.151. The molecule has 1 aliphatic heterocycles. The summed E-state index contributed by atoms with van der Waals surface area (Å²) in [5.74, 6) is 1.91. The number of hydrogen-bond acceptors (Lipinski definition) is 3. The van der Waals surface area contributed by atoms with E-state index in [0.29, 0.717) is 0 Å². The molecule has 3 nitrogen and oxygen atoms in total. The number of likely N-dealkylation sites (tertiary alicyclic amines) is 1. The largest absolute Gasteiger partial charge is 0.492 e. The van der Waals surface area contributed by atoms with Crippen molar-refractivity contribution < 1.29 is 4.74 Å². The van der Waals surface area contributed by atoms with Crippen LogP contribution in [-0.2, 0) is 0 Å². The van der Waals surface area contributed by atoms with Gasteiger partial charge in [0.1, 0.15) is 12.4 Å². The minimum atomic E-state index is 0. The van der Waals surface area contributed by atoms with Gasteiger partial charge in [-0.1, -0.05) is 12.1 Å². The van der Waals surface area contributed by atoms with Crippen molar-refractivity contribution >= 4 is 12.4 Å². The minimum Gasteiger partial charge on any atom is -0.492 e. The van der Waals surface area contributed by atoms with E-state index in [1.807, 2.05) is 13.1 Å². The molecule has 1 heterocycles. The zero-order valence-electron chi connectivity index (χ0n) is 13.3. The van der Waals surface area contributed by atoms with E-state index in [0.717, 1.165) is 31.4 Å². The summed E-state index contributed by atoms with van der Waals surface area (Å²) in [7, 11) is 2.04. The van der Waals surface area contributed by atoms with E-state index >= 15 is 0 Å². The molecule has 0 bridgehead atoms. The van der Waals surface area contributed by atoms with Crippen LogP contribution >= 0.6 is 12.4 Å². The highest BCUT2D eigenvalue weighted by molar-refractivity contribution is 5.85. The molecule has 1 aromatic rings. The molecular weight excluding hydrogens is 284 g/mol. The third-order valence-corrected chi connectivity index (χ3v) is 4.18. The van der Waals surface area contributed by atoms with Crippen LogP contribution in [0, 0.1) is 12.8 Å². The van der Waals surface area contributed by atoms with Gasteiger partial charge in [-0.05, 0) is 76.5 Å². The molecular formula is C17H29ClN2O. The van der Waals surface area contributed by atoms with E-state index in [4.69, 9.17) is 4.74 Å². The number of piperidine rings is 1. The third kappa shape index (κ3) is 6.68. The van der Waals surface area contributed by atoms with Crippen LogP contribution in [0.3, 0.4) is 0 Å². The summed E-state index contributed by atoms with van der Waals surface area (Å²) in [6.07, 6.45) is 4.00. The molecule has 120 valence electrons. The molecule has 1 N–H and O–H groups in total. The minimum absolute atomic E-state index is 0. The summed E-state index contributed by atoms with van der Waals surface area (Å²) in [6.45, 7) is 7.55. The standard InChI is InChI=1S/C17H28N2O.ClH/c1-15-4-3-5-17(14-15)20-13-12-19-10-7-16(8-11-19)6-9-18-2;/h3-5,14,16,18H,6-13H2,1-2H3;1H. The zero-order valence-corrected chi connectivity index (χ0v) is 14.1. The number of benzene rings is 1. The summed E-state index contributed by atoms with van der Waals surface area (Å²) in [6, 6.07) is 8.29. The SMILES string of the molecule is CNCCC1CCN(CCOc2cccc(C)c2)CC1.Cl. The van der Waals surface area contributed by atoms with E-state index in [-0.39, 0.29) is 12.4 Å².